The molecule has 0 bridgehead atoms. The number of hydrogen-bond acceptors (Lipinski definition) is 2. The van der Waals surface area contributed by atoms with Crippen molar-refractivity contribution in [3.63, 3.8) is 0 Å². The van der Waals surface area contributed by atoms with E-state index < -0.39 is 0 Å². The lowest BCUT2D eigenvalue weighted by atomic mass is 10.1. The lowest BCUT2D eigenvalue weighted by Gasteiger charge is -2.29. The molecule has 1 saturated heterocycles. The summed E-state index contributed by atoms with van der Waals surface area (Å²) in [5.74, 6) is -0.0671. The lowest BCUT2D eigenvalue weighted by Crippen LogP contribution is -2.36. The molecule has 0 aromatic heterocycles. The number of nitrogens with zero attached hydrogens (tertiary/aromatic N) is 1. The number of anilines is 1. The van der Waals surface area contributed by atoms with Crippen LogP contribution in [0, 0.1) is 5.82 Å². The van der Waals surface area contributed by atoms with Crippen molar-refractivity contribution in [2.24, 2.45) is 0 Å². The summed E-state index contributed by atoms with van der Waals surface area (Å²) in [5.41, 5.74) is 3.31. The fraction of sp³-hybridized carbons (Fsp3) is 0.538. The molecule has 0 radical (unpaired) electrons. The Bertz CT molecular complexity index is 399. The van der Waals surface area contributed by atoms with Gasteiger partial charge in [-0.3, -0.25) is 0 Å². The zero-order valence-electron chi connectivity index (χ0n) is 9.34. The van der Waals surface area contributed by atoms with Crippen molar-refractivity contribution in [3.05, 3.63) is 29.1 Å². The second-order valence-electron chi connectivity index (χ2n) is 4.53. The average molecular weight is 221 g/mol. The van der Waals surface area contributed by atoms with Gasteiger partial charge in [-0.2, -0.15) is 0 Å². The number of benzene rings is 1. The number of aryl methyl sites for hydroxylation is 2. The fourth-order valence-electron chi connectivity index (χ4n) is 2.63. The largest absolute Gasteiger partial charge is 0.378 e. The molecule has 3 heteroatoms. The third-order valence-electron chi connectivity index (χ3n) is 3.51. The molecule has 1 heterocycles. The van der Waals surface area contributed by atoms with Crippen molar-refractivity contribution < 1.29 is 9.13 Å². The summed E-state index contributed by atoms with van der Waals surface area (Å²) in [6.07, 6.45) is 3.31. The summed E-state index contributed by atoms with van der Waals surface area (Å²) in [5, 5.41) is 0. The molecule has 0 atom stereocenters. The van der Waals surface area contributed by atoms with Crippen LogP contribution in [0.25, 0.3) is 0 Å². The number of rotatable bonds is 1. The molecule has 0 spiro atoms. The minimum Gasteiger partial charge on any atom is -0.378 e. The minimum atomic E-state index is -0.0671. The third-order valence-corrected chi connectivity index (χ3v) is 3.51. The third kappa shape index (κ3) is 1.69. The van der Waals surface area contributed by atoms with E-state index in [0.29, 0.717) is 13.2 Å². The molecule has 86 valence electrons. The van der Waals surface area contributed by atoms with Crippen molar-refractivity contribution in [2.75, 3.05) is 31.2 Å². The number of ether oxygens (including phenoxy) is 1. The van der Waals surface area contributed by atoms with E-state index in [9.17, 15) is 4.39 Å². The first-order chi connectivity index (χ1) is 7.84. The first kappa shape index (κ1) is 10.1. The summed E-state index contributed by atoms with van der Waals surface area (Å²) in [6, 6.07) is 3.77. The van der Waals surface area contributed by atoms with Crippen molar-refractivity contribution in [1.82, 2.24) is 0 Å². The lowest BCUT2D eigenvalue weighted by molar-refractivity contribution is 0.122. The van der Waals surface area contributed by atoms with Crippen molar-refractivity contribution >= 4 is 5.69 Å². The monoisotopic (exact) mass is 221 g/mol. The molecule has 0 amide bonds. The van der Waals surface area contributed by atoms with Crippen LogP contribution in [0.5, 0.6) is 0 Å². The summed E-state index contributed by atoms with van der Waals surface area (Å²) >= 11 is 0. The van der Waals surface area contributed by atoms with Gasteiger partial charge in [0.1, 0.15) is 5.82 Å². The molecule has 1 aromatic carbocycles. The van der Waals surface area contributed by atoms with Crippen LogP contribution in [-0.4, -0.2) is 26.3 Å². The van der Waals surface area contributed by atoms with Gasteiger partial charge in [-0.15, -0.1) is 0 Å². The van der Waals surface area contributed by atoms with Gasteiger partial charge < -0.3 is 9.64 Å². The van der Waals surface area contributed by atoms with E-state index in [0.717, 1.165) is 31.6 Å². The maximum Gasteiger partial charge on any atom is 0.146 e. The van der Waals surface area contributed by atoms with E-state index in [1.807, 2.05) is 6.07 Å². The summed E-state index contributed by atoms with van der Waals surface area (Å²) < 4.78 is 19.2. The molecule has 1 aliphatic carbocycles. The van der Waals surface area contributed by atoms with E-state index in [1.165, 1.54) is 17.5 Å². The van der Waals surface area contributed by atoms with Gasteiger partial charge in [0.15, 0.2) is 0 Å². The van der Waals surface area contributed by atoms with Crippen molar-refractivity contribution in [1.29, 1.82) is 0 Å². The van der Waals surface area contributed by atoms with E-state index in [4.69, 9.17) is 4.74 Å². The fourth-order valence-corrected chi connectivity index (χ4v) is 2.63. The summed E-state index contributed by atoms with van der Waals surface area (Å²) in [7, 11) is 0. The highest BCUT2D eigenvalue weighted by molar-refractivity contribution is 5.53. The van der Waals surface area contributed by atoms with Gasteiger partial charge in [-0.1, -0.05) is 0 Å². The van der Waals surface area contributed by atoms with E-state index in [1.54, 1.807) is 6.07 Å². The number of hydrogen-bond donors (Lipinski definition) is 0. The SMILES string of the molecule is Fc1cc2c(cc1N1CCOCC1)CCC2. The van der Waals surface area contributed by atoms with E-state index in [-0.39, 0.29) is 5.82 Å². The van der Waals surface area contributed by atoms with E-state index in [2.05, 4.69) is 4.90 Å². The second kappa shape index (κ2) is 4.06. The zero-order valence-corrected chi connectivity index (χ0v) is 9.34. The minimum absolute atomic E-state index is 0.0671. The first-order valence-corrected chi connectivity index (χ1v) is 5.98. The summed E-state index contributed by atoms with van der Waals surface area (Å²) in [4.78, 5) is 2.09. The molecule has 1 aliphatic heterocycles. The Morgan fingerprint density at radius 1 is 1.06 bits per heavy atom. The Balaban J connectivity index is 1.94. The molecular formula is C13H16FNO. The predicted molar refractivity (Wildman–Crippen MR) is 61.5 cm³/mol. The Morgan fingerprint density at radius 2 is 1.75 bits per heavy atom. The molecule has 2 aliphatic rings. The predicted octanol–water partition coefficient (Wildman–Crippen LogP) is 2.15. The highest BCUT2D eigenvalue weighted by Gasteiger charge is 2.19. The van der Waals surface area contributed by atoms with Gasteiger partial charge in [0.25, 0.3) is 0 Å². The van der Waals surface area contributed by atoms with Crippen LogP contribution in [0.1, 0.15) is 17.5 Å². The van der Waals surface area contributed by atoms with Crippen molar-refractivity contribution in [3.8, 4) is 0 Å². The van der Waals surface area contributed by atoms with Gasteiger partial charge in [0, 0.05) is 13.1 Å². The van der Waals surface area contributed by atoms with Gasteiger partial charge in [-0.05, 0) is 42.5 Å². The summed E-state index contributed by atoms with van der Waals surface area (Å²) in [6.45, 7) is 3.01. The molecular weight excluding hydrogens is 205 g/mol. The molecule has 0 saturated carbocycles. The number of fused-ring (bicyclic) bond motifs is 1. The van der Waals surface area contributed by atoms with Crippen LogP contribution in [0.3, 0.4) is 0 Å². The molecule has 0 unspecified atom stereocenters. The Kier molecular flexibility index (Phi) is 2.56. The highest BCUT2D eigenvalue weighted by atomic mass is 19.1. The van der Waals surface area contributed by atoms with Crippen LogP contribution in [0.2, 0.25) is 0 Å². The first-order valence-electron chi connectivity index (χ1n) is 5.98. The van der Waals surface area contributed by atoms with Gasteiger partial charge >= 0.3 is 0 Å². The molecule has 0 N–H and O–H groups in total. The zero-order chi connectivity index (χ0) is 11.0. The van der Waals surface area contributed by atoms with Crippen LogP contribution in [-0.2, 0) is 17.6 Å². The Labute approximate surface area is 95.0 Å². The van der Waals surface area contributed by atoms with Crippen LogP contribution < -0.4 is 4.90 Å². The normalized spacial score (nSPS) is 19.9. The van der Waals surface area contributed by atoms with Crippen molar-refractivity contribution in [2.45, 2.75) is 19.3 Å². The van der Waals surface area contributed by atoms with Gasteiger partial charge in [-0.25, -0.2) is 4.39 Å². The maximum absolute atomic E-state index is 13.9. The second-order valence-corrected chi connectivity index (χ2v) is 4.53. The molecule has 2 nitrogen and oxygen atoms in total. The molecule has 1 aromatic rings. The van der Waals surface area contributed by atoms with E-state index >= 15 is 0 Å². The molecule has 3 rings (SSSR count). The Hall–Kier alpha value is -1.09. The van der Waals surface area contributed by atoms with Crippen LogP contribution in [0.15, 0.2) is 12.1 Å². The quantitative estimate of drug-likeness (QED) is 0.720. The van der Waals surface area contributed by atoms with Crippen LogP contribution in [0.4, 0.5) is 10.1 Å². The highest BCUT2D eigenvalue weighted by Crippen LogP contribution is 2.30. The average Bonchev–Trinajstić information content (AvgIpc) is 2.76. The van der Waals surface area contributed by atoms with Crippen LogP contribution >= 0.6 is 0 Å². The number of morpholine rings is 1. The Morgan fingerprint density at radius 3 is 2.50 bits per heavy atom. The van der Waals surface area contributed by atoms with Gasteiger partial charge in [0.05, 0.1) is 18.9 Å². The smallest absolute Gasteiger partial charge is 0.146 e. The van der Waals surface area contributed by atoms with Gasteiger partial charge in [0.2, 0.25) is 0 Å². The molecule has 1 fully saturated rings. The number of halogens is 1. The topological polar surface area (TPSA) is 12.5 Å². The standard InChI is InChI=1S/C13H16FNO/c14-12-8-10-2-1-3-11(10)9-13(12)15-4-6-16-7-5-15/h8-9H,1-7H2. The molecule has 16 heavy (non-hydrogen) atoms. The maximum atomic E-state index is 13.9.